The number of carboxylic acids is 1. The Labute approximate surface area is 307 Å². The van der Waals surface area contributed by atoms with Crippen molar-refractivity contribution in [2.45, 2.75) is 152 Å². The van der Waals surface area contributed by atoms with Gasteiger partial charge in [-0.2, -0.15) is 0 Å². The van der Waals surface area contributed by atoms with Crippen molar-refractivity contribution < 1.29 is 29.3 Å². The van der Waals surface area contributed by atoms with E-state index in [2.05, 4.69) is 48.5 Å². The van der Waals surface area contributed by atoms with Crippen molar-refractivity contribution in [2.75, 3.05) is 0 Å². The maximum atomic E-state index is 14.0. The highest BCUT2D eigenvalue weighted by Gasteiger charge is 2.67. The van der Waals surface area contributed by atoms with Crippen LogP contribution in [0.4, 0.5) is 0 Å². The molecular weight excluding hydrogens is 636 g/mol. The number of aryl methyl sites for hydroxylation is 1. The van der Waals surface area contributed by atoms with Crippen LogP contribution in [0, 0.1) is 62.6 Å². The average molecular weight is 703 g/mol. The first kappa shape index (κ1) is 38.1. The molecule has 4 fully saturated rings. The Bertz CT molecular complexity index is 1550. The number of Topliss-reactive ketones (excluding diaryl/α,β-unsaturated/α-hetero) is 1. The molecule has 9 unspecified atom stereocenters. The number of aromatic hydroxyl groups is 1. The smallest absolute Gasteiger partial charge is 0.309 e. The lowest BCUT2D eigenvalue weighted by molar-refractivity contribution is -0.214. The number of esters is 1. The maximum absolute atomic E-state index is 14.0. The monoisotopic (exact) mass is 702 g/mol. The Balaban J connectivity index is 1.23. The molecule has 0 amide bonds. The summed E-state index contributed by atoms with van der Waals surface area (Å²) in [4.78, 5) is 38.8. The molecule has 9 atom stereocenters. The first-order valence-electron chi connectivity index (χ1n) is 20.3. The van der Waals surface area contributed by atoms with E-state index in [4.69, 9.17) is 4.74 Å². The topological polar surface area (TPSA) is 101 Å². The second kappa shape index (κ2) is 13.3. The minimum Gasteiger partial charge on any atom is -0.508 e. The van der Waals surface area contributed by atoms with Crippen molar-refractivity contribution in [2.24, 2.45) is 62.6 Å². The van der Waals surface area contributed by atoms with Crippen LogP contribution in [0.1, 0.15) is 145 Å². The molecule has 5 aliphatic carbocycles. The van der Waals surface area contributed by atoms with Crippen LogP contribution in [-0.4, -0.2) is 34.0 Å². The van der Waals surface area contributed by atoms with Gasteiger partial charge in [-0.05, 0) is 154 Å². The van der Waals surface area contributed by atoms with Crippen LogP contribution in [0.15, 0.2) is 35.4 Å². The predicted molar refractivity (Wildman–Crippen MR) is 201 cm³/mol. The summed E-state index contributed by atoms with van der Waals surface area (Å²) in [5.41, 5.74) is 2.99. The van der Waals surface area contributed by atoms with E-state index in [9.17, 15) is 24.6 Å². The minimum atomic E-state index is -1.15. The molecule has 6 nitrogen and oxygen atoms in total. The van der Waals surface area contributed by atoms with Crippen LogP contribution in [0.3, 0.4) is 0 Å². The number of allylic oxidation sites excluding steroid dienone is 2. The zero-order valence-electron chi connectivity index (χ0n) is 33.1. The second-order valence-corrected chi connectivity index (χ2v) is 19.9. The third-order valence-electron chi connectivity index (χ3n) is 16.0. The zero-order valence-corrected chi connectivity index (χ0v) is 33.1. The highest BCUT2D eigenvalue weighted by Crippen LogP contribution is 2.73. The highest BCUT2D eigenvalue weighted by molar-refractivity contribution is 6.00. The predicted octanol–water partition coefficient (Wildman–Crippen LogP) is 10.4. The molecule has 0 aliphatic heterocycles. The van der Waals surface area contributed by atoms with Crippen molar-refractivity contribution in [3.8, 4) is 5.75 Å². The lowest BCUT2D eigenvalue weighted by atomic mass is 9.36. The molecule has 6 rings (SSSR count). The Kier molecular flexibility index (Phi) is 9.97. The number of aliphatic carboxylic acids is 1. The lowest BCUT2D eigenvalue weighted by Gasteiger charge is -2.69. The van der Waals surface area contributed by atoms with Crippen LogP contribution in [0.5, 0.6) is 5.75 Å². The van der Waals surface area contributed by atoms with Crippen LogP contribution < -0.4 is 0 Å². The summed E-state index contributed by atoms with van der Waals surface area (Å²) in [5, 5.41) is 19.3. The number of hydrogen-bond donors (Lipinski definition) is 2. The van der Waals surface area contributed by atoms with Crippen LogP contribution in [0.25, 0.3) is 0 Å². The molecule has 0 aromatic heterocycles. The van der Waals surface area contributed by atoms with Gasteiger partial charge in [-0.15, -0.1) is 0 Å². The fraction of sp³-hybridized carbons (Fsp3) is 0.756. The molecule has 0 saturated heterocycles. The van der Waals surface area contributed by atoms with Gasteiger partial charge >= 0.3 is 11.9 Å². The first-order chi connectivity index (χ1) is 23.8. The zero-order chi connectivity index (χ0) is 37.3. The van der Waals surface area contributed by atoms with Gasteiger partial charge in [0, 0.05) is 17.3 Å². The molecule has 282 valence electrons. The van der Waals surface area contributed by atoms with Gasteiger partial charge in [-0.3, -0.25) is 14.4 Å². The van der Waals surface area contributed by atoms with Gasteiger partial charge in [0.15, 0.2) is 5.78 Å². The van der Waals surface area contributed by atoms with Crippen molar-refractivity contribution in [1.82, 2.24) is 0 Å². The van der Waals surface area contributed by atoms with Crippen molar-refractivity contribution in [3.05, 3.63) is 41.0 Å². The Hall–Kier alpha value is -2.63. The van der Waals surface area contributed by atoms with Gasteiger partial charge in [0.05, 0.1) is 11.8 Å². The number of rotatable bonds is 10. The van der Waals surface area contributed by atoms with Gasteiger partial charge in [0.1, 0.15) is 11.9 Å². The van der Waals surface area contributed by atoms with Crippen molar-refractivity contribution >= 4 is 17.7 Å². The molecule has 0 heterocycles. The van der Waals surface area contributed by atoms with E-state index < -0.39 is 17.4 Å². The molecule has 1 aromatic carbocycles. The summed E-state index contributed by atoms with van der Waals surface area (Å²) in [6.07, 6.45) is 12.4. The molecular formula is C45H66O6. The summed E-state index contributed by atoms with van der Waals surface area (Å²) >= 11 is 0. The van der Waals surface area contributed by atoms with Gasteiger partial charge in [-0.1, -0.05) is 66.2 Å². The van der Waals surface area contributed by atoms with Gasteiger partial charge in [0.25, 0.3) is 0 Å². The molecule has 0 spiro atoms. The number of fused-ring (bicyclic) bond motifs is 7. The van der Waals surface area contributed by atoms with Crippen LogP contribution >= 0.6 is 0 Å². The third-order valence-corrected chi connectivity index (χ3v) is 16.0. The number of carbonyl (C=O) groups excluding carboxylic acids is 2. The van der Waals surface area contributed by atoms with Gasteiger partial charge in [-0.25, -0.2) is 0 Å². The van der Waals surface area contributed by atoms with Gasteiger partial charge in [0.2, 0.25) is 0 Å². The van der Waals surface area contributed by atoms with Crippen LogP contribution in [0.2, 0.25) is 0 Å². The molecule has 0 bridgehead atoms. The van der Waals surface area contributed by atoms with E-state index >= 15 is 0 Å². The SMILES string of the molecule is CC(C)C1=C2C3CCC4C(C)(CCC5C(C)(C)C(OC(=O)CC(C)(C)C(=O)O)CCC54C)C3CCC2(C(C)CCCc2ccc(O)cc2)CC1=O. The normalized spacial score (nSPS) is 36.5. The Morgan fingerprint density at radius 1 is 0.902 bits per heavy atom. The van der Waals surface area contributed by atoms with E-state index in [-0.39, 0.29) is 40.1 Å². The quantitative estimate of drug-likeness (QED) is 0.235. The Morgan fingerprint density at radius 3 is 2.22 bits per heavy atom. The molecule has 0 radical (unpaired) electrons. The molecule has 2 N–H and O–H groups in total. The summed E-state index contributed by atoms with van der Waals surface area (Å²) in [5.74, 6) is 2.11. The van der Waals surface area contributed by atoms with Crippen molar-refractivity contribution in [1.29, 1.82) is 0 Å². The largest absolute Gasteiger partial charge is 0.508 e. The number of carbonyl (C=O) groups is 3. The number of carboxylic acid groups (broad SMARTS) is 1. The van der Waals surface area contributed by atoms with E-state index in [1.54, 1.807) is 31.6 Å². The fourth-order valence-electron chi connectivity index (χ4n) is 13.4. The summed E-state index contributed by atoms with van der Waals surface area (Å²) in [6.45, 7) is 19.9. The molecule has 4 saturated carbocycles. The molecule has 51 heavy (non-hydrogen) atoms. The number of hydrogen-bond acceptors (Lipinski definition) is 5. The molecule has 5 aliphatic rings. The Morgan fingerprint density at radius 2 is 1.57 bits per heavy atom. The summed E-state index contributed by atoms with van der Waals surface area (Å²) in [7, 11) is 0. The fourth-order valence-corrected chi connectivity index (χ4v) is 13.4. The summed E-state index contributed by atoms with van der Waals surface area (Å²) in [6, 6.07) is 7.62. The van der Waals surface area contributed by atoms with E-state index in [0.717, 1.165) is 51.4 Å². The van der Waals surface area contributed by atoms with E-state index in [0.29, 0.717) is 47.5 Å². The minimum absolute atomic E-state index is 0.0176. The number of phenols is 1. The van der Waals surface area contributed by atoms with Crippen LogP contribution in [-0.2, 0) is 25.5 Å². The van der Waals surface area contributed by atoms with E-state index in [1.165, 1.54) is 30.4 Å². The third kappa shape index (κ3) is 6.30. The average Bonchev–Trinajstić information content (AvgIpc) is 3.36. The second-order valence-electron chi connectivity index (χ2n) is 19.9. The lowest BCUT2D eigenvalue weighted by Crippen LogP contribution is -2.63. The number of ketones is 1. The maximum Gasteiger partial charge on any atom is 0.309 e. The first-order valence-corrected chi connectivity index (χ1v) is 20.3. The number of phenolic OH excluding ortho intramolecular Hbond substituents is 1. The summed E-state index contributed by atoms with van der Waals surface area (Å²) < 4.78 is 6.17. The van der Waals surface area contributed by atoms with Gasteiger partial charge < -0.3 is 14.9 Å². The standard InChI is InChI=1S/C45H66O6/c1-27(2)38-33(47)25-45(28(3)11-10-12-29-13-15-30(46)16-14-29)24-19-32-31(39(38)45)17-18-35-43(32,8)22-20-34-42(6,7)36(21-23-44(34,35)9)51-37(48)26-41(4,5)40(49)50/h13-16,27-28,31-32,34-36,46H,10-12,17-26H2,1-9H3,(H,49,50). The highest BCUT2D eigenvalue weighted by atomic mass is 16.5. The number of ether oxygens (including phenoxy) is 1. The molecule has 1 aromatic rings. The van der Waals surface area contributed by atoms with Crippen molar-refractivity contribution in [3.63, 3.8) is 0 Å². The molecule has 6 heteroatoms. The van der Waals surface area contributed by atoms with E-state index in [1.807, 2.05) is 12.1 Å². The number of benzene rings is 1.